The van der Waals surface area contributed by atoms with Gasteiger partial charge in [-0.05, 0) is 25.2 Å². The zero-order valence-electron chi connectivity index (χ0n) is 9.66. The molecule has 92 valence electrons. The zero-order valence-corrected chi connectivity index (χ0v) is 10.5. The van der Waals surface area contributed by atoms with Crippen LogP contribution in [0.5, 0.6) is 0 Å². The highest BCUT2D eigenvalue weighted by atomic mass is 32.1. The van der Waals surface area contributed by atoms with Gasteiger partial charge in [0.15, 0.2) is 4.77 Å². The molecular formula is C11H16N4OS. The number of anilines is 1. The van der Waals surface area contributed by atoms with Crippen molar-refractivity contribution in [3.63, 3.8) is 0 Å². The van der Waals surface area contributed by atoms with Crippen molar-refractivity contribution in [1.82, 2.24) is 15.3 Å². The number of hydrogen-bond acceptors (Lipinski definition) is 5. The number of nitrogens with one attached hydrogen (secondary N) is 2. The van der Waals surface area contributed by atoms with Crippen molar-refractivity contribution >= 4 is 18.0 Å². The Bertz CT molecular complexity index is 467. The molecule has 0 amide bonds. The molecule has 0 radical (unpaired) electrons. The Morgan fingerprint density at radius 2 is 2.12 bits per heavy atom. The lowest BCUT2D eigenvalue weighted by atomic mass is 10.1. The number of hydrogen-bond donors (Lipinski definition) is 2. The van der Waals surface area contributed by atoms with Gasteiger partial charge < -0.3 is 19.9 Å². The van der Waals surface area contributed by atoms with Crippen LogP contribution in [-0.2, 0) is 17.7 Å². The Labute approximate surface area is 105 Å². The Kier molecular flexibility index (Phi) is 3.09. The topological polar surface area (TPSA) is 53.2 Å². The lowest BCUT2D eigenvalue weighted by molar-refractivity contribution is 0.122. The van der Waals surface area contributed by atoms with Crippen molar-refractivity contribution in [2.24, 2.45) is 0 Å². The Morgan fingerprint density at radius 3 is 2.94 bits per heavy atom. The highest BCUT2D eigenvalue weighted by molar-refractivity contribution is 7.71. The third-order valence-corrected chi connectivity index (χ3v) is 3.46. The molecule has 0 saturated carbocycles. The molecule has 1 aromatic heterocycles. The van der Waals surface area contributed by atoms with Crippen molar-refractivity contribution < 1.29 is 4.74 Å². The molecule has 2 aliphatic rings. The van der Waals surface area contributed by atoms with Crippen molar-refractivity contribution in [2.75, 3.05) is 37.7 Å². The van der Waals surface area contributed by atoms with Crippen LogP contribution in [0.15, 0.2) is 0 Å². The number of H-pyrrole nitrogens is 1. The maximum absolute atomic E-state index is 5.38. The first-order valence-corrected chi connectivity index (χ1v) is 6.41. The highest BCUT2D eigenvalue weighted by Gasteiger charge is 2.20. The summed E-state index contributed by atoms with van der Waals surface area (Å²) in [6, 6.07) is 0. The molecule has 3 heterocycles. The van der Waals surface area contributed by atoms with E-state index in [4.69, 9.17) is 17.0 Å². The molecule has 2 aliphatic heterocycles. The predicted molar refractivity (Wildman–Crippen MR) is 67.9 cm³/mol. The van der Waals surface area contributed by atoms with Gasteiger partial charge in [0.25, 0.3) is 0 Å². The van der Waals surface area contributed by atoms with E-state index in [1.807, 2.05) is 0 Å². The first-order chi connectivity index (χ1) is 8.34. The summed E-state index contributed by atoms with van der Waals surface area (Å²) in [7, 11) is 0. The maximum atomic E-state index is 5.38. The minimum absolute atomic E-state index is 0.578. The fourth-order valence-electron chi connectivity index (χ4n) is 2.41. The SMILES string of the molecule is S=c1nc(N2CCOCC2)c2c([nH]1)CNCC2. The smallest absolute Gasteiger partial charge is 0.199 e. The number of rotatable bonds is 1. The second-order valence-corrected chi connectivity index (χ2v) is 4.74. The molecule has 0 spiro atoms. The molecule has 0 aromatic carbocycles. The molecule has 0 atom stereocenters. The van der Waals surface area contributed by atoms with Gasteiger partial charge in [0, 0.05) is 30.9 Å². The number of morpholine rings is 1. The molecule has 0 aliphatic carbocycles. The largest absolute Gasteiger partial charge is 0.378 e. The van der Waals surface area contributed by atoms with E-state index in [1.165, 1.54) is 11.3 Å². The third-order valence-electron chi connectivity index (χ3n) is 3.26. The Balaban J connectivity index is 2.01. The average molecular weight is 252 g/mol. The summed E-state index contributed by atoms with van der Waals surface area (Å²) in [6.45, 7) is 5.24. The minimum Gasteiger partial charge on any atom is -0.378 e. The fourth-order valence-corrected chi connectivity index (χ4v) is 2.62. The third kappa shape index (κ3) is 2.20. The summed E-state index contributed by atoms with van der Waals surface area (Å²) < 4.78 is 5.96. The second-order valence-electron chi connectivity index (χ2n) is 4.35. The van der Waals surface area contributed by atoms with E-state index in [2.05, 4.69) is 20.2 Å². The molecule has 0 bridgehead atoms. The molecular weight excluding hydrogens is 236 g/mol. The quantitative estimate of drug-likeness (QED) is 0.718. The van der Waals surface area contributed by atoms with Crippen LogP contribution >= 0.6 is 12.2 Å². The van der Waals surface area contributed by atoms with Gasteiger partial charge in [-0.25, -0.2) is 4.98 Å². The summed E-state index contributed by atoms with van der Waals surface area (Å²) in [5.41, 5.74) is 2.51. The van der Waals surface area contributed by atoms with Gasteiger partial charge in [-0.1, -0.05) is 0 Å². The van der Waals surface area contributed by atoms with Gasteiger partial charge in [0.2, 0.25) is 0 Å². The van der Waals surface area contributed by atoms with Crippen LogP contribution in [0.1, 0.15) is 11.3 Å². The van der Waals surface area contributed by atoms with E-state index in [9.17, 15) is 0 Å². The average Bonchev–Trinajstić information content (AvgIpc) is 2.39. The molecule has 17 heavy (non-hydrogen) atoms. The van der Waals surface area contributed by atoms with Crippen molar-refractivity contribution in [2.45, 2.75) is 13.0 Å². The summed E-state index contributed by atoms with van der Waals surface area (Å²) in [4.78, 5) is 9.99. The van der Waals surface area contributed by atoms with Crippen LogP contribution in [0, 0.1) is 4.77 Å². The van der Waals surface area contributed by atoms with Crippen LogP contribution < -0.4 is 10.2 Å². The molecule has 6 heteroatoms. The maximum Gasteiger partial charge on any atom is 0.199 e. The van der Waals surface area contributed by atoms with Crippen molar-refractivity contribution in [1.29, 1.82) is 0 Å². The van der Waals surface area contributed by atoms with Crippen LogP contribution in [0.25, 0.3) is 0 Å². The van der Waals surface area contributed by atoms with Gasteiger partial charge in [-0.2, -0.15) is 0 Å². The normalized spacial score (nSPS) is 20.1. The van der Waals surface area contributed by atoms with Crippen LogP contribution in [0.2, 0.25) is 0 Å². The predicted octanol–water partition coefficient (Wildman–Crippen LogP) is 0.621. The standard InChI is InChI=1S/C11H16N4OS/c17-11-13-9-7-12-2-1-8(9)10(14-11)15-3-5-16-6-4-15/h12H,1-7H2,(H,13,14,17). The van der Waals surface area contributed by atoms with Crippen LogP contribution in [0.4, 0.5) is 5.82 Å². The van der Waals surface area contributed by atoms with Gasteiger partial charge in [-0.15, -0.1) is 0 Å². The number of fused-ring (bicyclic) bond motifs is 1. The minimum atomic E-state index is 0.578. The van der Waals surface area contributed by atoms with Crippen molar-refractivity contribution in [3.05, 3.63) is 16.0 Å². The fraction of sp³-hybridized carbons (Fsp3) is 0.636. The highest BCUT2D eigenvalue weighted by Crippen LogP contribution is 2.23. The monoisotopic (exact) mass is 252 g/mol. The molecule has 2 N–H and O–H groups in total. The van der Waals surface area contributed by atoms with E-state index in [1.54, 1.807) is 0 Å². The zero-order chi connectivity index (χ0) is 11.7. The first-order valence-electron chi connectivity index (χ1n) is 6.00. The molecule has 5 nitrogen and oxygen atoms in total. The summed E-state index contributed by atoms with van der Waals surface area (Å²) in [5, 5.41) is 3.35. The van der Waals surface area contributed by atoms with Gasteiger partial charge >= 0.3 is 0 Å². The summed E-state index contributed by atoms with van der Waals surface area (Å²) in [5.74, 6) is 1.06. The molecule has 1 fully saturated rings. The van der Waals surface area contributed by atoms with Crippen LogP contribution in [0.3, 0.4) is 0 Å². The summed E-state index contributed by atoms with van der Waals surface area (Å²) in [6.07, 6.45) is 1.02. The molecule has 0 unspecified atom stereocenters. The van der Waals surface area contributed by atoms with Gasteiger partial charge in [0.05, 0.1) is 13.2 Å². The van der Waals surface area contributed by atoms with Gasteiger partial charge in [0.1, 0.15) is 5.82 Å². The van der Waals surface area contributed by atoms with E-state index in [0.29, 0.717) is 4.77 Å². The molecule has 3 rings (SSSR count). The first kappa shape index (κ1) is 11.1. The van der Waals surface area contributed by atoms with E-state index in [-0.39, 0.29) is 0 Å². The van der Waals surface area contributed by atoms with E-state index in [0.717, 1.165) is 51.6 Å². The van der Waals surface area contributed by atoms with E-state index >= 15 is 0 Å². The lowest BCUT2D eigenvalue weighted by Crippen LogP contribution is -2.38. The van der Waals surface area contributed by atoms with Crippen molar-refractivity contribution in [3.8, 4) is 0 Å². The number of nitrogens with zero attached hydrogens (tertiary/aromatic N) is 2. The summed E-state index contributed by atoms with van der Waals surface area (Å²) >= 11 is 5.20. The van der Waals surface area contributed by atoms with E-state index < -0.39 is 0 Å². The number of ether oxygens (including phenoxy) is 1. The number of aromatic nitrogens is 2. The molecule has 1 aromatic rings. The lowest BCUT2D eigenvalue weighted by Gasteiger charge is -2.31. The number of aromatic amines is 1. The van der Waals surface area contributed by atoms with Gasteiger partial charge in [-0.3, -0.25) is 0 Å². The molecule has 1 saturated heterocycles. The van der Waals surface area contributed by atoms with Crippen LogP contribution in [-0.4, -0.2) is 42.8 Å². The second kappa shape index (κ2) is 4.72. The Morgan fingerprint density at radius 1 is 1.29 bits per heavy atom. The Hall–Kier alpha value is -0.980.